The standard InChI is InChI=1S/C21H24FN5O3Si/c1-12-7-13(22)8-15-17(12)19(26-25-15)16-9-23-20-18(24-16)14(21(28)29)10-27(20)11-30-5-6-31(2,3)4/h7-10H,5-6,11H2,1-4H3,(H,25,26)(H,28,29). The molecule has 1 aromatic carbocycles. The third-order valence-electron chi connectivity index (χ3n) is 5.09. The lowest BCUT2D eigenvalue weighted by atomic mass is 10.1. The molecule has 0 spiro atoms. The Morgan fingerprint density at radius 2 is 2.10 bits per heavy atom. The lowest BCUT2D eigenvalue weighted by molar-refractivity contribution is 0.0696. The van der Waals surface area contributed by atoms with Gasteiger partial charge in [0.2, 0.25) is 0 Å². The molecule has 0 amide bonds. The summed E-state index contributed by atoms with van der Waals surface area (Å²) in [4.78, 5) is 20.8. The number of H-pyrrole nitrogens is 1. The van der Waals surface area contributed by atoms with E-state index in [0.29, 0.717) is 34.7 Å². The van der Waals surface area contributed by atoms with E-state index in [0.717, 1.165) is 11.4 Å². The molecule has 8 nitrogen and oxygen atoms in total. The van der Waals surface area contributed by atoms with Gasteiger partial charge >= 0.3 is 5.97 Å². The van der Waals surface area contributed by atoms with E-state index >= 15 is 0 Å². The van der Waals surface area contributed by atoms with Gasteiger partial charge in [-0.05, 0) is 30.7 Å². The van der Waals surface area contributed by atoms with Gasteiger partial charge in [-0.15, -0.1) is 0 Å². The maximum Gasteiger partial charge on any atom is 0.339 e. The molecule has 0 unspecified atom stereocenters. The van der Waals surface area contributed by atoms with Crippen molar-refractivity contribution in [2.24, 2.45) is 0 Å². The van der Waals surface area contributed by atoms with Gasteiger partial charge in [-0.1, -0.05) is 19.6 Å². The molecule has 0 bridgehead atoms. The number of aromatic amines is 1. The second kappa shape index (κ2) is 7.86. The molecule has 0 radical (unpaired) electrons. The highest BCUT2D eigenvalue weighted by Crippen LogP contribution is 2.30. The number of halogens is 1. The second-order valence-electron chi connectivity index (χ2n) is 8.81. The molecule has 0 aliphatic rings. The maximum absolute atomic E-state index is 13.7. The van der Waals surface area contributed by atoms with Crippen molar-refractivity contribution >= 4 is 36.1 Å². The summed E-state index contributed by atoms with van der Waals surface area (Å²) >= 11 is 0. The molecule has 162 valence electrons. The van der Waals surface area contributed by atoms with Crippen LogP contribution in [0.4, 0.5) is 4.39 Å². The summed E-state index contributed by atoms with van der Waals surface area (Å²) in [6.45, 7) is 9.40. The summed E-state index contributed by atoms with van der Waals surface area (Å²) in [5, 5.41) is 17.5. The fourth-order valence-corrected chi connectivity index (χ4v) is 4.22. The van der Waals surface area contributed by atoms with Gasteiger partial charge in [0, 0.05) is 26.3 Å². The molecule has 3 heterocycles. The Morgan fingerprint density at radius 3 is 2.81 bits per heavy atom. The van der Waals surface area contributed by atoms with Crippen molar-refractivity contribution in [2.45, 2.75) is 39.3 Å². The molecular formula is C21H24FN5O3Si. The molecule has 0 atom stereocenters. The summed E-state index contributed by atoms with van der Waals surface area (Å²) in [6.07, 6.45) is 3.04. The molecule has 10 heteroatoms. The fraction of sp³-hybridized carbons (Fsp3) is 0.333. The zero-order valence-electron chi connectivity index (χ0n) is 17.9. The third kappa shape index (κ3) is 4.21. The highest BCUT2D eigenvalue weighted by atomic mass is 28.3. The minimum absolute atomic E-state index is 0.0424. The Balaban J connectivity index is 1.72. The van der Waals surface area contributed by atoms with Crippen molar-refractivity contribution in [2.75, 3.05) is 6.61 Å². The van der Waals surface area contributed by atoms with Gasteiger partial charge in [0.15, 0.2) is 5.65 Å². The van der Waals surface area contributed by atoms with Crippen molar-refractivity contribution in [3.05, 3.63) is 41.5 Å². The predicted molar refractivity (Wildman–Crippen MR) is 118 cm³/mol. The number of hydrogen-bond acceptors (Lipinski definition) is 5. The smallest absolute Gasteiger partial charge is 0.339 e. The largest absolute Gasteiger partial charge is 0.478 e. The van der Waals surface area contributed by atoms with Crippen LogP contribution in [0, 0.1) is 12.7 Å². The lowest BCUT2D eigenvalue weighted by Crippen LogP contribution is -2.22. The molecule has 0 aliphatic heterocycles. The predicted octanol–water partition coefficient (Wildman–Crippen LogP) is 4.43. The molecule has 2 N–H and O–H groups in total. The molecule has 31 heavy (non-hydrogen) atoms. The van der Waals surface area contributed by atoms with Crippen molar-refractivity contribution in [3.63, 3.8) is 0 Å². The molecule has 0 fully saturated rings. The van der Waals surface area contributed by atoms with Crippen LogP contribution in [0.1, 0.15) is 15.9 Å². The average Bonchev–Trinajstić information content (AvgIpc) is 3.26. The number of hydrogen-bond donors (Lipinski definition) is 2. The number of aryl methyl sites for hydroxylation is 1. The van der Waals surface area contributed by atoms with E-state index in [2.05, 4.69) is 39.8 Å². The summed E-state index contributed by atoms with van der Waals surface area (Å²) in [7, 11) is -1.22. The van der Waals surface area contributed by atoms with Crippen LogP contribution in [0.5, 0.6) is 0 Å². The van der Waals surface area contributed by atoms with Gasteiger partial charge in [-0.25, -0.2) is 19.2 Å². The number of carbonyl (C=O) groups is 1. The van der Waals surface area contributed by atoms with Gasteiger partial charge in [0.25, 0.3) is 0 Å². The molecule has 4 aromatic rings. The Labute approximate surface area is 179 Å². The average molecular weight is 442 g/mol. The number of benzene rings is 1. The maximum atomic E-state index is 13.7. The number of nitrogens with zero attached hydrogens (tertiary/aromatic N) is 4. The number of rotatable bonds is 7. The van der Waals surface area contributed by atoms with Crippen molar-refractivity contribution in [1.82, 2.24) is 24.7 Å². The van der Waals surface area contributed by atoms with Crippen LogP contribution in [0.15, 0.2) is 24.5 Å². The van der Waals surface area contributed by atoms with Crippen LogP contribution < -0.4 is 0 Å². The first-order valence-corrected chi connectivity index (χ1v) is 13.7. The normalized spacial score (nSPS) is 12.2. The molecule has 4 rings (SSSR count). The van der Waals surface area contributed by atoms with Crippen molar-refractivity contribution < 1.29 is 19.0 Å². The summed E-state index contributed by atoms with van der Waals surface area (Å²) in [5.41, 5.74) is 2.88. The van der Waals surface area contributed by atoms with E-state index in [-0.39, 0.29) is 23.6 Å². The van der Waals surface area contributed by atoms with Gasteiger partial charge in [0.05, 0.1) is 11.7 Å². The van der Waals surface area contributed by atoms with Gasteiger partial charge < -0.3 is 14.4 Å². The van der Waals surface area contributed by atoms with Crippen molar-refractivity contribution in [1.29, 1.82) is 0 Å². The number of aromatic carboxylic acids is 1. The Hall–Kier alpha value is -3.11. The third-order valence-corrected chi connectivity index (χ3v) is 6.79. The van der Waals surface area contributed by atoms with Crippen LogP contribution in [0.25, 0.3) is 33.5 Å². The van der Waals surface area contributed by atoms with Crippen LogP contribution in [0.2, 0.25) is 25.7 Å². The molecule has 0 aliphatic carbocycles. The van der Waals surface area contributed by atoms with E-state index in [1.165, 1.54) is 18.3 Å². The van der Waals surface area contributed by atoms with Crippen molar-refractivity contribution in [3.8, 4) is 11.4 Å². The highest BCUT2D eigenvalue weighted by molar-refractivity contribution is 6.76. The Kier molecular flexibility index (Phi) is 5.36. The van der Waals surface area contributed by atoms with E-state index in [4.69, 9.17) is 4.74 Å². The van der Waals surface area contributed by atoms with Crippen LogP contribution in [-0.2, 0) is 11.5 Å². The van der Waals surface area contributed by atoms with Gasteiger partial charge in [-0.3, -0.25) is 5.10 Å². The van der Waals surface area contributed by atoms with E-state index in [1.807, 2.05) is 0 Å². The first kappa shape index (κ1) is 21.1. The zero-order chi connectivity index (χ0) is 22.3. The summed E-state index contributed by atoms with van der Waals surface area (Å²) in [5.74, 6) is -1.46. The number of aromatic nitrogens is 5. The van der Waals surface area contributed by atoms with Gasteiger partial charge in [0.1, 0.15) is 35.0 Å². The first-order valence-electron chi connectivity index (χ1n) is 9.95. The van der Waals surface area contributed by atoms with Crippen LogP contribution >= 0.6 is 0 Å². The van der Waals surface area contributed by atoms with E-state index < -0.39 is 14.0 Å². The second-order valence-corrected chi connectivity index (χ2v) is 14.4. The number of nitrogens with one attached hydrogen (secondary N) is 1. The van der Waals surface area contributed by atoms with E-state index in [1.54, 1.807) is 17.7 Å². The number of ether oxygens (including phenoxy) is 1. The zero-order valence-corrected chi connectivity index (χ0v) is 18.9. The van der Waals surface area contributed by atoms with Gasteiger partial charge in [-0.2, -0.15) is 5.10 Å². The molecule has 0 saturated heterocycles. The van der Waals surface area contributed by atoms with Crippen LogP contribution in [0.3, 0.4) is 0 Å². The number of carboxylic acids is 1. The summed E-state index contributed by atoms with van der Waals surface area (Å²) in [6, 6.07) is 3.80. The Bertz CT molecular complexity index is 1290. The quantitative estimate of drug-likeness (QED) is 0.325. The molecular weight excluding hydrogens is 417 g/mol. The monoisotopic (exact) mass is 441 g/mol. The van der Waals surface area contributed by atoms with Crippen LogP contribution in [-0.4, -0.2) is 50.5 Å². The number of fused-ring (bicyclic) bond motifs is 2. The van der Waals surface area contributed by atoms with E-state index in [9.17, 15) is 14.3 Å². The summed E-state index contributed by atoms with van der Waals surface area (Å²) < 4.78 is 21.1. The minimum atomic E-state index is -1.22. The minimum Gasteiger partial charge on any atom is -0.478 e. The molecule has 3 aromatic heterocycles. The Morgan fingerprint density at radius 1 is 1.32 bits per heavy atom. The lowest BCUT2D eigenvalue weighted by Gasteiger charge is -2.15. The number of carboxylic acid groups (broad SMARTS) is 1. The topological polar surface area (TPSA) is 106 Å². The highest BCUT2D eigenvalue weighted by Gasteiger charge is 2.20. The molecule has 0 saturated carbocycles. The fourth-order valence-electron chi connectivity index (χ4n) is 3.47. The SMILES string of the molecule is Cc1cc(F)cc2[nH]nc(-c3cnc4c(n3)c(C(=O)O)cn4COCC[Si](C)(C)C)c12. The first-order chi connectivity index (χ1) is 14.6.